The van der Waals surface area contributed by atoms with Gasteiger partial charge in [-0.1, -0.05) is 17.7 Å². The van der Waals surface area contributed by atoms with Crippen molar-refractivity contribution in [1.82, 2.24) is 0 Å². The minimum atomic E-state index is -3.71. The molecule has 108 valence electrons. The molecule has 0 atom stereocenters. The molecule has 2 rings (SSSR count). The van der Waals surface area contributed by atoms with Crippen LogP contribution < -0.4 is 10.5 Å². The summed E-state index contributed by atoms with van der Waals surface area (Å²) in [6.07, 6.45) is 0. The maximum atomic E-state index is 11.5. The lowest BCUT2D eigenvalue weighted by atomic mass is 10.2. The quantitative estimate of drug-likeness (QED) is 0.828. The Labute approximate surface area is 135 Å². The summed E-state index contributed by atoms with van der Waals surface area (Å²) in [4.78, 5) is 1.17. The highest BCUT2D eigenvalue weighted by Gasteiger charge is 2.12. The lowest BCUT2D eigenvalue weighted by molar-refractivity contribution is 0.597. The van der Waals surface area contributed by atoms with E-state index in [1.807, 2.05) is 12.1 Å². The van der Waals surface area contributed by atoms with Gasteiger partial charge < -0.3 is 5.32 Å². The van der Waals surface area contributed by atoms with Crippen LogP contribution in [0.4, 0.5) is 5.69 Å². The van der Waals surface area contributed by atoms with Crippen molar-refractivity contribution < 1.29 is 8.42 Å². The molecule has 3 N–H and O–H groups in total. The van der Waals surface area contributed by atoms with Gasteiger partial charge in [0.15, 0.2) is 0 Å². The van der Waals surface area contributed by atoms with E-state index < -0.39 is 10.0 Å². The summed E-state index contributed by atoms with van der Waals surface area (Å²) in [5.41, 5.74) is 1.32. The number of aryl methyl sites for hydroxylation is 1. The molecule has 0 amide bonds. The molecule has 8 heteroatoms. The number of rotatable bonds is 4. The van der Waals surface area contributed by atoms with Crippen LogP contribution in [0.2, 0.25) is 4.34 Å². The maximum absolute atomic E-state index is 11.5. The summed E-state index contributed by atoms with van der Waals surface area (Å²) in [6.45, 7) is 2.27. The number of hydrogen-bond acceptors (Lipinski definition) is 4. The molecule has 20 heavy (non-hydrogen) atoms. The zero-order chi connectivity index (χ0) is 14.9. The van der Waals surface area contributed by atoms with Crippen molar-refractivity contribution >= 4 is 54.6 Å². The van der Waals surface area contributed by atoms with Crippen LogP contribution in [0.25, 0.3) is 0 Å². The number of benzene rings is 1. The summed E-state index contributed by atoms with van der Waals surface area (Å²) < 4.78 is 24.5. The molecule has 0 fully saturated rings. The van der Waals surface area contributed by atoms with E-state index in [0.29, 0.717) is 22.1 Å². The Hall–Kier alpha value is -0.600. The molecule has 0 aliphatic heterocycles. The average Bonchev–Trinajstić information content (AvgIpc) is 2.66. The molecule has 0 spiro atoms. The Morgan fingerprint density at radius 3 is 2.65 bits per heavy atom. The number of primary sulfonamides is 1. The minimum Gasteiger partial charge on any atom is -0.380 e. The normalized spacial score (nSPS) is 11.6. The van der Waals surface area contributed by atoms with Crippen LogP contribution in [0.3, 0.4) is 0 Å². The highest BCUT2D eigenvalue weighted by atomic mass is 79.9. The van der Waals surface area contributed by atoms with Crippen molar-refractivity contribution in [2.75, 3.05) is 5.32 Å². The van der Waals surface area contributed by atoms with Gasteiger partial charge >= 0.3 is 0 Å². The third-order valence-electron chi connectivity index (χ3n) is 2.66. The SMILES string of the molecule is Cc1ccc(NCc2cc(Br)c(Cl)s2)cc1S(N)(=O)=O. The molecule has 4 nitrogen and oxygen atoms in total. The van der Waals surface area contributed by atoms with Crippen LogP contribution in [0.15, 0.2) is 33.6 Å². The van der Waals surface area contributed by atoms with Gasteiger partial charge in [-0.15, -0.1) is 11.3 Å². The largest absolute Gasteiger partial charge is 0.380 e. The summed E-state index contributed by atoms with van der Waals surface area (Å²) in [5, 5.41) is 8.33. The van der Waals surface area contributed by atoms with E-state index in [4.69, 9.17) is 16.7 Å². The second-order valence-corrected chi connectivity index (χ2v) is 8.34. The lowest BCUT2D eigenvalue weighted by Gasteiger charge is -2.09. The first-order valence-electron chi connectivity index (χ1n) is 5.58. The number of nitrogens with two attached hydrogens (primary N) is 1. The van der Waals surface area contributed by atoms with Crippen molar-refractivity contribution in [3.05, 3.63) is 43.5 Å². The van der Waals surface area contributed by atoms with Crippen LogP contribution in [0, 0.1) is 6.92 Å². The molecular formula is C12H12BrClN2O2S2. The molecule has 0 aliphatic rings. The van der Waals surface area contributed by atoms with Crippen molar-refractivity contribution in [3.63, 3.8) is 0 Å². The predicted molar refractivity (Wildman–Crippen MR) is 86.9 cm³/mol. The molecule has 2 aromatic rings. The third kappa shape index (κ3) is 3.73. The number of nitrogens with one attached hydrogen (secondary N) is 1. The molecule has 1 aromatic carbocycles. The highest BCUT2D eigenvalue weighted by Crippen LogP contribution is 2.32. The maximum Gasteiger partial charge on any atom is 0.238 e. The average molecular weight is 396 g/mol. The Morgan fingerprint density at radius 2 is 2.10 bits per heavy atom. The summed E-state index contributed by atoms with van der Waals surface area (Å²) in [6, 6.07) is 7.00. The Morgan fingerprint density at radius 1 is 1.40 bits per heavy atom. The Balaban J connectivity index is 2.18. The molecule has 0 unspecified atom stereocenters. The second-order valence-electron chi connectivity index (χ2n) is 4.21. The molecule has 0 saturated carbocycles. The third-order valence-corrected chi connectivity index (χ3v) is 6.19. The van der Waals surface area contributed by atoms with E-state index in [-0.39, 0.29) is 4.90 Å². The molecule has 1 aromatic heterocycles. The lowest BCUT2D eigenvalue weighted by Crippen LogP contribution is -2.14. The highest BCUT2D eigenvalue weighted by molar-refractivity contribution is 9.10. The van der Waals surface area contributed by atoms with E-state index in [1.54, 1.807) is 13.0 Å². The fourth-order valence-electron chi connectivity index (χ4n) is 1.68. The molecule has 0 radical (unpaired) electrons. The van der Waals surface area contributed by atoms with Crippen molar-refractivity contribution in [2.45, 2.75) is 18.4 Å². The van der Waals surface area contributed by atoms with Crippen molar-refractivity contribution in [3.8, 4) is 0 Å². The second kappa shape index (κ2) is 6.03. The number of hydrogen-bond donors (Lipinski definition) is 2. The van der Waals surface area contributed by atoms with Gasteiger partial charge in [0.2, 0.25) is 10.0 Å². The zero-order valence-corrected chi connectivity index (χ0v) is 14.5. The predicted octanol–water partition coefficient (Wildman–Crippen LogP) is 3.73. The van der Waals surface area contributed by atoms with E-state index in [2.05, 4.69) is 21.2 Å². The van der Waals surface area contributed by atoms with Gasteiger partial charge in [-0.05, 0) is 46.6 Å². The van der Waals surface area contributed by atoms with Crippen LogP contribution in [-0.2, 0) is 16.6 Å². The number of halogens is 2. The van der Waals surface area contributed by atoms with Crippen LogP contribution >= 0.6 is 38.9 Å². The Kier molecular flexibility index (Phi) is 4.76. The summed E-state index contributed by atoms with van der Waals surface area (Å²) >= 11 is 10.8. The van der Waals surface area contributed by atoms with Gasteiger partial charge in [-0.3, -0.25) is 0 Å². The van der Waals surface area contributed by atoms with Crippen LogP contribution in [0.5, 0.6) is 0 Å². The monoisotopic (exact) mass is 394 g/mol. The van der Waals surface area contributed by atoms with Gasteiger partial charge in [0, 0.05) is 21.6 Å². The first kappa shape index (κ1) is 15.8. The Bertz CT molecular complexity index is 724. The van der Waals surface area contributed by atoms with Gasteiger partial charge in [-0.25, -0.2) is 13.6 Å². The number of sulfonamides is 1. The van der Waals surface area contributed by atoms with Gasteiger partial charge in [-0.2, -0.15) is 0 Å². The molecular weight excluding hydrogens is 384 g/mol. The zero-order valence-electron chi connectivity index (χ0n) is 10.5. The summed E-state index contributed by atoms with van der Waals surface area (Å²) in [5.74, 6) is 0. The molecule has 0 bridgehead atoms. The fraction of sp³-hybridized carbons (Fsp3) is 0.167. The minimum absolute atomic E-state index is 0.132. The van der Waals surface area contributed by atoms with Gasteiger partial charge in [0.1, 0.15) is 4.34 Å². The van der Waals surface area contributed by atoms with Crippen LogP contribution in [-0.4, -0.2) is 8.42 Å². The van der Waals surface area contributed by atoms with Crippen LogP contribution in [0.1, 0.15) is 10.4 Å². The van der Waals surface area contributed by atoms with E-state index >= 15 is 0 Å². The van der Waals surface area contributed by atoms with Crippen molar-refractivity contribution in [1.29, 1.82) is 0 Å². The fourth-order valence-corrected chi connectivity index (χ4v) is 4.22. The van der Waals surface area contributed by atoms with E-state index in [9.17, 15) is 8.42 Å². The van der Waals surface area contributed by atoms with Gasteiger partial charge in [0.25, 0.3) is 0 Å². The number of anilines is 1. The summed E-state index contributed by atoms with van der Waals surface area (Å²) in [7, 11) is -3.71. The standard InChI is InChI=1S/C12H12BrClN2O2S2/c1-7-2-3-8(4-11(7)20(15,17)18)16-6-9-5-10(13)12(14)19-9/h2-5,16H,6H2,1H3,(H2,15,17,18). The topological polar surface area (TPSA) is 72.2 Å². The molecule has 1 heterocycles. The van der Waals surface area contributed by atoms with E-state index in [0.717, 1.165) is 9.35 Å². The first-order chi connectivity index (χ1) is 9.27. The molecule has 0 aliphatic carbocycles. The number of thiophene rings is 1. The molecule has 0 saturated heterocycles. The van der Waals surface area contributed by atoms with E-state index in [1.165, 1.54) is 17.4 Å². The first-order valence-corrected chi connectivity index (χ1v) is 9.12. The van der Waals surface area contributed by atoms with Gasteiger partial charge in [0.05, 0.1) is 4.90 Å². The van der Waals surface area contributed by atoms with Crippen molar-refractivity contribution in [2.24, 2.45) is 5.14 Å². The smallest absolute Gasteiger partial charge is 0.238 e.